The summed E-state index contributed by atoms with van der Waals surface area (Å²) in [7, 11) is 0. The molecule has 5 heteroatoms. The molecule has 0 aliphatic rings. The molecule has 1 amide bonds. The summed E-state index contributed by atoms with van der Waals surface area (Å²) >= 11 is 6.84. The Kier molecular flexibility index (Phi) is 9.10. The lowest BCUT2D eigenvalue weighted by Gasteiger charge is -2.19. The average Bonchev–Trinajstić information content (AvgIpc) is 2.49. The standard InChI is InChI=1S/C17H25Br2NO2/c1-4-6-7-13(5-2)11-20-17(21)12(3)22-16-9-8-14(18)10-15(16)19/h8-10,12-13H,4-7,11H2,1-3H3,(H,20,21)/t12-,13+/m1/s1. The van der Waals surface area contributed by atoms with Gasteiger partial charge in [-0.25, -0.2) is 0 Å². The molecule has 0 spiro atoms. The number of carbonyl (C=O) groups is 1. The van der Waals surface area contributed by atoms with Crippen molar-refractivity contribution < 1.29 is 9.53 Å². The first kappa shape index (κ1) is 19.5. The predicted molar refractivity (Wildman–Crippen MR) is 98.2 cm³/mol. The molecule has 0 bridgehead atoms. The smallest absolute Gasteiger partial charge is 0.260 e. The second-order valence-corrected chi connectivity index (χ2v) is 7.27. The third-order valence-corrected chi connectivity index (χ3v) is 4.79. The minimum Gasteiger partial charge on any atom is -0.480 e. The van der Waals surface area contributed by atoms with E-state index in [1.165, 1.54) is 19.3 Å². The zero-order valence-corrected chi connectivity index (χ0v) is 16.7. The van der Waals surface area contributed by atoms with Crippen LogP contribution in [-0.4, -0.2) is 18.6 Å². The van der Waals surface area contributed by atoms with E-state index in [1.807, 2.05) is 18.2 Å². The van der Waals surface area contributed by atoms with Gasteiger partial charge in [0.2, 0.25) is 0 Å². The highest BCUT2D eigenvalue weighted by molar-refractivity contribution is 9.11. The molecule has 0 aliphatic heterocycles. The summed E-state index contributed by atoms with van der Waals surface area (Å²) < 4.78 is 7.52. The van der Waals surface area contributed by atoms with Crippen molar-refractivity contribution in [1.82, 2.24) is 5.32 Å². The highest BCUT2D eigenvalue weighted by atomic mass is 79.9. The number of rotatable bonds is 9. The zero-order chi connectivity index (χ0) is 16.5. The zero-order valence-electron chi connectivity index (χ0n) is 13.5. The molecule has 0 aromatic heterocycles. The van der Waals surface area contributed by atoms with Gasteiger partial charge < -0.3 is 10.1 Å². The lowest BCUT2D eigenvalue weighted by atomic mass is 9.99. The topological polar surface area (TPSA) is 38.3 Å². The summed E-state index contributed by atoms with van der Waals surface area (Å²) in [6.07, 6.45) is 4.16. The van der Waals surface area contributed by atoms with E-state index in [1.54, 1.807) is 6.92 Å². The number of nitrogens with one attached hydrogen (secondary N) is 1. The molecule has 1 rings (SSSR count). The Morgan fingerprint density at radius 2 is 2.05 bits per heavy atom. The maximum atomic E-state index is 12.2. The van der Waals surface area contributed by atoms with Crippen LogP contribution in [0.5, 0.6) is 5.75 Å². The number of hydrogen-bond acceptors (Lipinski definition) is 2. The van der Waals surface area contributed by atoms with Gasteiger partial charge in [0.25, 0.3) is 5.91 Å². The fourth-order valence-electron chi connectivity index (χ4n) is 2.15. The molecule has 22 heavy (non-hydrogen) atoms. The quantitative estimate of drug-likeness (QED) is 0.571. The Morgan fingerprint density at radius 3 is 2.64 bits per heavy atom. The number of benzene rings is 1. The van der Waals surface area contributed by atoms with E-state index in [2.05, 4.69) is 51.0 Å². The summed E-state index contributed by atoms with van der Waals surface area (Å²) in [6.45, 7) is 6.87. The molecule has 3 nitrogen and oxygen atoms in total. The molecular weight excluding hydrogens is 410 g/mol. The average molecular weight is 435 g/mol. The molecule has 1 aromatic rings. The Morgan fingerprint density at radius 1 is 1.32 bits per heavy atom. The maximum Gasteiger partial charge on any atom is 0.260 e. The third-order valence-electron chi connectivity index (χ3n) is 3.68. The van der Waals surface area contributed by atoms with Gasteiger partial charge in [-0.05, 0) is 53.4 Å². The van der Waals surface area contributed by atoms with E-state index in [9.17, 15) is 4.79 Å². The van der Waals surface area contributed by atoms with Crippen LogP contribution in [-0.2, 0) is 4.79 Å². The van der Waals surface area contributed by atoms with E-state index in [4.69, 9.17) is 4.74 Å². The molecule has 1 aromatic carbocycles. The van der Waals surface area contributed by atoms with Crippen LogP contribution in [0.2, 0.25) is 0 Å². The summed E-state index contributed by atoms with van der Waals surface area (Å²) in [6, 6.07) is 5.63. The van der Waals surface area contributed by atoms with Gasteiger partial charge in [-0.2, -0.15) is 0 Å². The molecular formula is C17H25Br2NO2. The maximum absolute atomic E-state index is 12.2. The highest BCUT2D eigenvalue weighted by Gasteiger charge is 2.17. The van der Waals surface area contributed by atoms with E-state index >= 15 is 0 Å². The molecule has 1 N–H and O–H groups in total. The van der Waals surface area contributed by atoms with Gasteiger partial charge in [-0.15, -0.1) is 0 Å². The Hall–Kier alpha value is -0.550. The summed E-state index contributed by atoms with van der Waals surface area (Å²) in [4.78, 5) is 12.2. The first-order valence-corrected chi connectivity index (χ1v) is 9.45. The van der Waals surface area contributed by atoms with Crippen LogP contribution in [0.1, 0.15) is 46.5 Å². The molecule has 0 radical (unpaired) electrons. The Bertz CT molecular complexity index is 480. The third kappa shape index (κ3) is 6.69. The minimum atomic E-state index is -0.513. The number of hydrogen-bond donors (Lipinski definition) is 1. The summed E-state index contributed by atoms with van der Waals surface area (Å²) in [5.41, 5.74) is 0. The second-order valence-electron chi connectivity index (χ2n) is 5.50. The van der Waals surface area contributed by atoms with Crippen molar-refractivity contribution in [2.45, 2.75) is 52.6 Å². The SMILES string of the molecule is CCCC[C@H](CC)CNC(=O)[C@@H](C)Oc1ccc(Br)cc1Br. The van der Waals surface area contributed by atoms with Gasteiger partial charge in [0, 0.05) is 11.0 Å². The van der Waals surface area contributed by atoms with Crippen LogP contribution in [0.3, 0.4) is 0 Å². The van der Waals surface area contributed by atoms with Crippen molar-refractivity contribution in [3.8, 4) is 5.75 Å². The fraction of sp³-hybridized carbons (Fsp3) is 0.588. The van der Waals surface area contributed by atoms with Crippen LogP contribution in [0.4, 0.5) is 0 Å². The summed E-state index contributed by atoms with van der Waals surface area (Å²) in [5, 5.41) is 3.00. The number of ether oxygens (including phenoxy) is 1. The van der Waals surface area contributed by atoms with E-state index in [0.29, 0.717) is 11.7 Å². The molecule has 0 saturated carbocycles. The van der Waals surface area contributed by atoms with Crippen LogP contribution >= 0.6 is 31.9 Å². The number of unbranched alkanes of at least 4 members (excludes halogenated alkanes) is 1. The fourth-order valence-corrected chi connectivity index (χ4v) is 3.29. The monoisotopic (exact) mass is 433 g/mol. The highest BCUT2D eigenvalue weighted by Crippen LogP contribution is 2.28. The van der Waals surface area contributed by atoms with Crippen molar-refractivity contribution in [2.75, 3.05) is 6.54 Å². The number of amides is 1. The minimum absolute atomic E-state index is 0.0650. The van der Waals surface area contributed by atoms with Crippen LogP contribution in [0, 0.1) is 5.92 Å². The van der Waals surface area contributed by atoms with Gasteiger partial charge in [0.1, 0.15) is 5.75 Å². The molecule has 0 aliphatic carbocycles. The van der Waals surface area contributed by atoms with E-state index in [0.717, 1.165) is 21.9 Å². The van der Waals surface area contributed by atoms with Crippen LogP contribution in [0.25, 0.3) is 0 Å². The first-order valence-electron chi connectivity index (χ1n) is 7.87. The van der Waals surface area contributed by atoms with Gasteiger partial charge in [0.05, 0.1) is 4.47 Å². The van der Waals surface area contributed by atoms with Crippen LogP contribution in [0.15, 0.2) is 27.1 Å². The van der Waals surface area contributed by atoms with E-state index in [-0.39, 0.29) is 5.91 Å². The van der Waals surface area contributed by atoms with Crippen molar-refractivity contribution in [3.63, 3.8) is 0 Å². The molecule has 0 heterocycles. The van der Waals surface area contributed by atoms with Crippen molar-refractivity contribution in [2.24, 2.45) is 5.92 Å². The number of halogens is 2. The summed E-state index contributed by atoms with van der Waals surface area (Å²) in [5.74, 6) is 1.16. The van der Waals surface area contributed by atoms with Crippen molar-refractivity contribution in [3.05, 3.63) is 27.1 Å². The Balaban J connectivity index is 2.47. The molecule has 0 saturated heterocycles. The predicted octanol–water partition coefficient (Wildman–Crippen LogP) is 5.31. The molecule has 0 unspecified atom stereocenters. The molecule has 124 valence electrons. The lowest BCUT2D eigenvalue weighted by Crippen LogP contribution is -2.38. The normalized spacial score (nSPS) is 13.5. The van der Waals surface area contributed by atoms with Gasteiger partial charge in [-0.3, -0.25) is 4.79 Å². The van der Waals surface area contributed by atoms with Gasteiger partial charge in [-0.1, -0.05) is 49.0 Å². The largest absolute Gasteiger partial charge is 0.480 e. The first-order chi connectivity index (χ1) is 10.5. The number of carbonyl (C=O) groups excluding carboxylic acids is 1. The van der Waals surface area contributed by atoms with Gasteiger partial charge in [0.15, 0.2) is 6.10 Å². The molecule has 0 fully saturated rings. The van der Waals surface area contributed by atoms with Gasteiger partial charge >= 0.3 is 0 Å². The second kappa shape index (κ2) is 10.3. The van der Waals surface area contributed by atoms with Crippen molar-refractivity contribution in [1.29, 1.82) is 0 Å². The van der Waals surface area contributed by atoms with Crippen LogP contribution < -0.4 is 10.1 Å². The van der Waals surface area contributed by atoms with Crippen molar-refractivity contribution >= 4 is 37.8 Å². The lowest BCUT2D eigenvalue weighted by molar-refractivity contribution is -0.127. The Labute approximate surface area is 150 Å². The molecule has 2 atom stereocenters. The van der Waals surface area contributed by atoms with E-state index < -0.39 is 6.10 Å².